The molecular formula is C13H21N2O14P3. The van der Waals surface area contributed by atoms with Crippen LogP contribution in [0.3, 0.4) is 0 Å². The number of aliphatic hydroxyl groups excluding tert-OH is 1. The van der Waals surface area contributed by atoms with Crippen molar-refractivity contribution in [2.75, 3.05) is 13.2 Å². The second kappa shape index (κ2) is 10.4. The van der Waals surface area contributed by atoms with Crippen molar-refractivity contribution in [3.8, 4) is 12.3 Å². The largest absolute Gasteiger partial charge is 0.490 e. The van der Waals surface area contributed by atoms with Gasteiger partial charge in [-0.05, 0) is 6.92 Å². The van der Waals surface area contributed by atoms with E-state index in [9.17, 15) is 33.4 Å². The fourth-order valence-corrected chi connectivity index (χ4v) is 5.76. The number of phosphoric acid groups is 3. The highest BCUT2D eigenvalue weighted by atomic mass is 31.3. The Morgan fingerprint density at radius 3 is 2.50 bits per heavy atom. The highest BCUT2D eigenvalue weighted by Crippen LogP contribution is 2.66. The van der Waals surface area contributed by atoms with E-state index in [0.29, 0.717) is 0 Å². The van der Waals surface area contributed by atoms with Gasteiger partial charge in [-0.15, -0.1) is 6.42 Å². The van der Waals surface area contributed by atoms with Gasteiger partial charge in [-0.2, -0.15) is 8.62 Å². The molecule has 0 bridgehead atoms. The lowest BCUT2D eigenvalue weighted by Crippen LogP contribution is -2.53. The minimum absolute atomic E-state index is 0.0583. The number of carbonyl (C=O) groups is 1. The number of ether oxygens (including phenoxy) is 2. The molecule has 1 fully saturated rings. The summed E-state index contributed by atoms with van der Waals surface area (Å²) in [5.41, 5.74) is 0.261. The Kier molecular flexibility index (Phi) is 8.82. The average molecular weight is 522 g/mol. The maximum Gasteiger partial charge on any atom is 0.490 e. The zero-order valence-corrected chi connectivity index (χ0v) is 19.0. The predicted molar refractivity (Wildman–Crippen MR) is 101 cm³/mol. The number of rotatable bonds is 10. The number of hydrogen-bond donors (Lipinski definition) is 6. The highest BCUT2D eigenvalue weighted by molar-refractivity contribution is 7.66. The highest BCUT2D eigenvalue weighted by Gasteiger charge is 2.45. The summed E-state index contributed by atoms with van der Waals surface area (Å²) in [6, 6.07) is 0. The molecule has 1 amide bonds. The summed E-state index contributed by atoms with van der Waals surface area (Å²) in [4.78, 5) is 48.7. The van der Waals surface area contributed by atoms with Crippen LogP contribution in [-0.4, -0.2) is 73.5 Å². The number of terminal acetylenes is 1. The van der Waals surface area contributed by atoms with Crippen molar-refractivity contribution in [2.45, 2.75) is 38.1 Å². The molecule has 0 aromatic carbocycles. The van der Waals surface area contributed by atoms with Crippen LogP contribution in [0.4, 0.5) is 0 Å². The van der Waals surface area contributed by atoms with E-state index in [-0.39, 0.29) is 18.6 Å². The molecule has 16 nitrogen and oxygen atoms in total. The molecule has 2 rings (SSSR count). The van der Waals surface area contributed by atoms with Crippen molar-refractivity contribution in [1.29, 1.82) is 0 Å². The summed E-state index contributed by atoms with van der Waals surface area (Å²) in [5.74, 6) is 1.71. The number of aliphatic hydroxyl groups is 1. The average Bonchev–Trinajstić information content (AvgIpc) is 3.01. The molecule has 182 valence electrons. The molecule has 6 N–H and O–H groups in total. The van der Waals surface area contributed by atoms with E-state index in [4.69, 9.17) is 25.7 Å². The van der Waals surface area contributed by atoms with Gasteiger partial charge in [0.05, 0.1) is 12.7 Å². The number of nitrogens with one attached hydrogen (secondary N) is 1. The molecule has 2 aliphatic heterocycles. The number of amides is 1. The van der Waals surface area contributed by atoms with Crippen molar-refractivity contribution >= 4 is 29.4 Å². The molecule has 2 aliphatic rings. The summed E-state index contributed by atoms with van der Waals surface area (Å²) in [7, 11) is -16.6. The maximum absolute atomic E-state index is 11.9. The predicted octanol–water partition coefficient (Wildman–Crippen LogP) is -0.925. The van der Waals surface area contributed by atoms with Gasteiger partial charge in [-0.1, -0.05) is 5.92 Å². The van der Waals surface area contributed by atoms with Crippen LogP contribution in [0, 0.1) is 12.3 Å². The first-order valence-electron chi connectivity index (χ1n) is 8.56. The Morgan fingerprint density at radius 1 is 1.25 bits per heavy atom. The SMILES string of the molecule is C#CCOC1C[C@H](N2C=C(C)C(=O)NC2O)O[C@@H]1COP(=O)(O)OP(=O)(O)OP(=O)(O)O. The molecule has 2 heterocycles. The topological polar surface area (TPSA) is 231 Å². The number of nitrogens with zero attached hydrogens (tertiary/aromatic N) is 1. The Labute approximate surface area is 181 Å². The van der Waals surface area contributed by atoms with Crippen LogP contribution < -0.4 is 5.32 Å². The quantitative estimate of drug-likeness (QED) is 0.150. The van der Waals surface area contributed by atoms with E-state index in [1.807, 2.05) is 0 Å². The van der Waals surface area contributed by atoms with E-state index < -0.39 is 60.8 Å². The van der Waals surface area contributed by atoms with E-state index in [1.54, 1.807) is 0 Å². The van der Waals surface area contributed by atoms with Crippen LogP contribution >= 0.6 is 23.5 Å². The Morgan fingerprint density at radius 2 is 1.91 bits per heavy atom. The smallest absolute Gasteiger partial charge is 0.363 e. The van der Waals surface area contributed by atoms with Crippen molar-refractivity contribution in [2.24, 2.45) is 0 Å². The van der Waals surface area contributed by atoms with Crippen LogP contribution in [0.25, 0.3) is 0 Å². The summed E-state index contributed by atoms with van der Waals surface area (Å²) >= 11 is 0. The van der Waals surface area contributed by atoms with Gasteiger partial charge in [0, 0.05) is 18.2 Å². The van der Waals surface area contributed by atoms with Gasteiger partial charge in [0.1, 0.15) is 18.9 Å². The van der Waals surface area contributed by atoms with E-state index in [0.717, 1.165) is 0 Å². The summed E-state index contributed by atoms with van der Waals surface area (Å²) in [6.07, 6.45) is 2.23. The van der Waals surface area contributed by atoms with E-state index in [2.05, 4.69) is 24.4 Å². The van der Waals surface area contributed by atoms with E-state index in [1.165, 1.54) is 18.0 Å². The first kappa shape index (κ1) is 27.1. The lowest BCUT2D eigenvalue weighted by Gasteiger charge is -2.35. The Balaban J connectivity index is 2.07. The lowest BCUT2D eigenvalue weighted by molar-refractivity contribution is -0.143. The van der Waals surface area contributed by atoms with Gasteiger partial charge < -0.3 is 44.4 Å². The normalized spacial score (nSPS) is 30.1. The fourth-order valence-electron chi connectivity index (χ4n) is 2.73. The molecule has 1 saturated heterocycles. The first-order chi connectivity index (χ1) is 14.6. The van der Waals surface area contributed by atoms with Crippen LogP contribution in [0.15, 0.2) is 11.8 Å². The molecule has 4 unspecified atom stereocenters. The Bertz CT molecular complexity index is 927. The van der Waals surface area contributed by atoms with Crippen LogP contribution in [-0.2, 0) is 41.1 Å². The molecule has 32 heavy (non-hydrogen) atoms. The number of hydrogen-bond acceptors (Lipinski definition) is 11. The number of phosphoric ester groups is 1. The summed E-state index contributed by atoms with van der Waals surface area (Å²) in [5, 5.41) is 12.3. The second-order valence-electron chi connectivity index (χ2n) is 6.41. The first-order valence-corrected chi connectivity index (χ1v) is 13.1. The van der Waals surface area contributed by atoms with Gasteiger partial charge >= 0.3 is 23.5 Å². The standard InChI is InChI=1S/C13H21N2O14P3/c1-3-4-25-9-5-11(15-6-8(2)12(16)14-13(15)17)27-10(9)7-26-31(21,22)29-32(23,24)28-30(18,19)20/h1,6,9-11,13,17H,4-5,7H2,2H3,(H,14,16)(H,21,22)(H,23,24)(H2,18,19,20)/t9?,10-,11-,13?/m1/s1. The van der Waals surface area contributed by atoms with Gasteiger partial charge in [0.15, 0.2) is 0 Å². The molecule has 0 aliphatic carbocycles. The van der Waals surface area contributed by atoms with Crippen LogP contribution in [0.5, 0.6) is 0 Å². The van der Waals surface area contributed by atoms with Gasteiger partial charge in [-0.3, -0.25) is 9.32 Å². The third-order valence-corrected chi connectivity index (χ3v) is 7.76. The van der Waals surface area contributed by atoms with Gasteiger partial charge in [0.2, 0.25) is 6.35 Å². The third kappa shape index (κ3) is 8.02. The van der Waals surface area contributed by atoms with Crippen molar-refractivity contribution in [3.63, 3.8) is 0 Å². The summed E-state index contributed by atoms with van der Waals surface area (Å²) < 4.78 is 56.9. The zero-order valence-electron chi connectivity index (χ0n) is 16.3. The molecule has 6 atom stereocenters. The van der Waals surface area contributed by atoms with Gasteiger partial charge in [0.25, 0.3) is 5.91 Å². The van der Waals surface area contributed by atoms with Crippen molar-refractivity contribution in [3.05, 3.63) is 11.8 Å². The van der Waals surface area contributed by atoms with E-state index >= 15 is 0 Å². The summed E-state index contributed by atoms with van der Waals surface area (Å²) in [6.45, 7) is 0.539. The minimum Gasteiger partial charge on any atom is -0.363 e. The maximum atomic E-state index is 11.9. The molecule has 0 saturated carbocycles. The molecule has 0 spiro atoms. The molecular weight excluding hydrogens is 501 g/mol. The molecule has 0 radical (unpaired) electrons. The monoisotopic (exact) mass is 522 g/mol. The minimum atomic E-state index is -5.67. The molecule has 0 aromatic heterocycles. The Hall–Kier alpha value is -1.14. The molecule has 0 aromatic rings. The fraction of sp³-hybridized carbons (Fsp3) is 0.615. The lowest BCUT2D eigenvalue weighted by atomic mass is 10.1. The third-order valence-electron chi connectivity index (χ3n) is 3.96. The number of carbonyl (C=O) groups excluding carboxylic acids is 1. The van der Waals surface area contributed by atoms with Crippen LogP contribution in [0.1, 0.15) is 13.3 Å². The zero-order chi connectivity index (χ0) is 24.3. The molecule has 19 heteroatoms. The van der Waals surface area contributed by atoms with Crippen molar-refractivity contribution < 1.29 is 65.8 Å². The van der Waals surface area contributed by atoms with Crippen LogP contribution in [0.2, 0.25) is 0 Å². The second-order valence-corrected chi connectivity index (χ2v) is 10.8. The van der Waals surface area contributed by atoms with Gasteiger partial charge in [-0.25, -0.2) is 13.7 Å². The van der Waals surface area contributed by atoms with Crippen molar-refractivity contribution in [1.82, 2.24) is 10.2 Å².